The van der Waals surface area contributed by atoms with Gasteiger partial charge in [0.2, 0.25) is 8.32 Å². The highest BCUT2D eigenvalue weighted by Crippen LogP contribution is 2.43. The van der Waals surface area contributed by atoms with Crippen LogP contribution in [0.2, 0.25) is 16.6 Å². The molecule has 0 aliphatic rings. The van der Waals surface area contributed by atoms with Gasteiger partial charge in [-0.1, -0.05) is 64.4 Å². The fourth-order valence-corrected chi connectivity index (χ4v) is 10.9. The molecule has 1 heterocycles. The molecular formula is C21H36BrNO2SSi. The van der Waals surface area contributed by atoms with Gasteiger partial charge in [-0.2, -0.15) is 0 Å². The summed E-state index contributed by atoms with van der Waals surface area (Å²) in [5.41, 5.74) is 2.65. The van der Waals surface area contributed by atoms with Crippen LogP contribution in [-0.4, -0.2) is 25.7 Å². The molecule has 0 saturated heterocycles. The second-order valence-corrected chi connectivity index (χ2v) is 16.0. The van der Waals surface area contributed by atoms with Gasteiger partial charge in [-0.3, -0.25) is 0 Å². The van der Waals surface area contributed by atoms with Gasteiger partial charge in [0, 0.05) is 24.1 Å². The Hall–Kier alpha value is -0.303. The van der Waals surface area contributed by atoms with Crippen LogP contribution in [-0.2, 0) is 15.6 Å². The van der Waals surface area contributed by atoms with Crippen LogP contribution in [0.15, 0.2) is 15.9 Å². The molecular weight excluding hydrogens is 438 g/mol. The van der Waals surface area contributed by atoms with Gasteiger partial charge >= 0.3 is 0 Å². The highest BCUT2D eigenvalue weighted by atomic mass is 79.9. The van der Waals surface area contributed by atoms with Gasteiger partial charge in [0.05, 0.1) is 16.8 Å². The van der Waals surface area contributed by atoms with Crippen molar-refractivity contribution in [3.8, 4) is 0 Å². The number of rotatable bonds is 11. The van der Waals surface area contributed by atoms with Gasteiger partial charge in [-0.15, -0.1) is 11.3 Å². The summed E-state index contributed by atoms with van der Waals surface area (Å²) in [6.45, 7) is 18.0. The Morgan fingerprint density at radius 1 is 1.19 bits per heavy atom. The van der Waals surface area contributed by atoms with E-state index in [4.69, 9.17) is 9.41 Å². The highest BCUT2D eigenvalue weighted by Gasteiger charge is 2.46. The maximum Gasteiger partial charge on any atom is 0.201 e. The minimum absolute atomic E-state index is 0.0172. The van der Waals surface area contributed by atoms with Crippen molar-refractivity contribution in [1.29, 1.82) is 0 Å². The predicted octanol–water partition coefficient (Wildman–Crippen LogP) is 7.24. The van der Waals surface area contributed by atoms with E-state index in [0.29, 0.717) is 23.0 Å². The van der Waals surface area contributed by atoms with E-state index in [1.165, 1.54) is 0 Å². The Morgan fingerprint density at radius 2 is 1.74 bits per heavy atom. The van der Waals surface area contributed by atoms with Crippen molar-refractivity contribution in [2.75, 3.05) is 0 Å². The molecule has 0 radical (unpaired) electrons. The largest absolute Gasteiger partial charge is 0.409 e. The molecule has 0 saturated carbocycles. The molecule has 0 N–H and O–H groups in total. The molecule has 1 rings (SSSR count). The van der Waals surface area contributed by atoms with Gasteiger partial charge < -0.3 is 9.22 Å². The number of hydrogen-bond donors (Lipinski definition) is 0. The number of aldehydes is 1. The molecule has 0 amide bonds. The summed E-state index contributed by atoms with van der Waals surface area (Å²) in [6, 6.07) is 0. The molecule has 0 aliphatic heterocycles. The van der Waals surface area contributed by atoms with Crippen molar-refractivity contribution in [3.63, 3.8) is 0 Å². The topological polar surface area (TPSA) is 39.2 Å². The van der Waals surface area contributed by atoms with Gasteiger partial charge in [-0.25, -0.2) is 4.98 Å². The Bertz CT molecular complexity index is 602. The normalized spacial score (nSPS) is 15.6. The molecule has 27 heavy (non-hydrogen) atoms. The van der Waals surface area contributed by atoms with Crippen LogP contribution in [0.1, 0.15) is 78.4 Å². The standard InChI is InChI=1S/C21H36BrNO2SSi/c1-14(2)27(15(3)4,16(5)6)25-19(11-18(8)22)12-21-23-20(13-26-21)17(7)9-10-24/h10-11,13-17,19H,9,12H2,1-8H3/b18-11+/t17-,19-/m0/s1. The Morgan fingerprint density at radius 3 is 2.19 bits per heavy atom. The summed E-state index contributed by atoms with van der Waals surface area (Å²) in [6.07, 6.45) is 4.48. The number of thiazole rings is 1. The third-order valence-electron chi connectivity index (χ3n) is 5.38. The SMILES string of the molecule is C/C(Br)=C\[C@@H](Cc1nc([C@@H](C)CC=O)cs1)O[Si](C(C)C)(C(C)C)C(C)C. The first-order valence-electron chi connectivity index (χ1n) is 9.94. The third-order valence-corrected chi connectivity index (χ3v) is 12.7. The third kappa shape index (κ3) is 6.62. The number of hydrogen-bond acceptors (Lipinski definition) is 4. The second kappa shape index (κ2) is 11.0. The molecule has 2 atom stereocenters. The Labute approximate surface area is 179 Å². The average molecular weight is 475 g/mol. The van der Waals surface area contributed by atoms with Crippen molar-refractivity contribution in [3.05, 3.63) is 26.6 Å². The van der Waals surface area contributed by atoms with Crippen molar-refractivity contribution < 1.29 is 9.22 Å². The van der Waals surface area contributed by atoms with Gasteiger partial charge in [0.25, 0.3) is 0 Å². The first-order chi connectivity index (χ1) is 12.5. The molecule has 0 spiro atoms. The molecule has 0 aliphatic carbocycles. The summed E-state index contributed by atoms with van der Waals surface area (Å²) in [5.74, 6) is 0.177. The van der Waals surface area contributed by atoms with E-state index >= 15 is 0 Å². The van der Waals surface area contributed by atoms with E-state index in [0.717, 1.165) is 27.9 Å². The number of allylic oxidation sites excluding steroid dienone is 1. The number of halogens is 1. The van der Waals surface area contributed by atoms with E-state index in [2.05, 4.69) is 82.8 Å². The Balaban J connectivity index is 3.12. The first-order valence-corrected chi connectivity index (χ1v) is 13.7. The second-order valence-electron chi connectivity index (χ2n) is 8.40. The van der Waals surface area contributed by atoms with Gasteiger partial charge in [-0.05, 0) is 34.1 Å². The molecule has 1 aromatic heterocycles. The average Bonchev–Trinajstić information content (AvgIpc) is 2.99. The quantitative estimate of drug-likeness (QED) is 0.251. The maximum atomic E-state index is 10.8. The van der Waals surface area contributed by atoms with E-state index in [1.54, 1.807) is 11.3 Å². The fraction of sp³-hybridized carbons (Fsp3) is 0.714. The van der Waals surface area contributed by atoms with Crippen LogP contribution in [0.25, 0.3) is 0 Å². The smallest absolute Gasteiger partial charge is 0.201 e. The van der Waals surface area contributed by atoms with Crippen molar-refractivity contribution in [1.82, 2.24) is 4.98 Å². The summed E-state index contributed by atoms with van der Waals surface area (Å²) >= 11 is 5.27. The van der Waals surface area contributed by atoms with E-state index in [9.17, 15) is 4.79 Å². The lowest BCUT2D eigenvalue weighted by Crippen LogP contribution is -2.50. The predicted molar refractivity (Wildman–Crippen MR) is 124 cm³/mol. The molecule has 0 aromatic carbocycles. The molecule has 154 valence electrons. The lowest BCUT2D eigenvalue weighted by Gasteiger charge is -2.44. The summed E-state index contributed by atoms with van der Waals surface area (Å²) < 4.78 is 8.09. The van der Waals surface area contributed by atoms with Crippen LogP contribution < -0.4 is 0 Å². The zero-order valence-corrected chi connectivity index (χ0v) is 21.5. The van der Waals surface area contributed by atoms with Crippen molar-refractivity contribution in [2.24, 2.45) is 0 Å². The van der Waals surface area contributed by atoms with Crippen LogP contribution >= 0.6 is 27.3 Å². The van der Waals surface area contributed by atoms with Crippen LogP contribution in [0.3, 0.4) is 0 Å². The molecule has 3 nitrogen and oxygen atoms in total. The number of aromatic nitrogens is 1. The number of nitrogens with zero attached hydrogens (tertiary/aromatic N) is 1. The zero-order chi connectivity index (χ0) is 20.8. The van der Waals surface area contributed by atoms with Crippen LogP contribution in [0, 0.1) is 0 Å². The van der Waals surface area contributed by atoms with Crippen LogP contribution in [0.5, 0.6) is 0 Å². The maximum absolute atomic E-state index is 10.8. The minimum Gasteiger partial charge on any atom is -0.409 e. The Kier molecular flexibility index (Phi) is 10.1. The highest BCUT2D eigenvalue weighted by molar-refractivity contribution is 9.11. The summed E-state index contributed by atoms with van der Waals surface area (Å²) in [4.78, 5) is 15.6. The first kappa shape index (κ1) is 24.7. The molecule has 0 bridgehead atoms. The monoisotopic (exact) mass is 473 g/mol. The van der Waals surface area contributed by atoms with Crippen LogP contribution in [0.4, 0.5) is 0 Å². The van der Waals surface area contributed by atoms with Gasteiger partial charge in [0.15, 0.2) is 0 Å². The lowest BCUT2D eigenvalue weighted by atomic mass is 10.1. The van der Waals surface area contributed by atoms with E-state index in [-0.39, 0.29) is 12.0 Å². The van der Waals surface area contributed by atoms with E-state index < -0.39 is 8.32 Å². The zero-order valence-electron chi connectivity index (χ0n) is 18.1. The van der Waals surface area contributed by atoms with Crippen molar-refractivity contribution >= 4 is 41.9 Å². The number of carbonyl (C=O) groups excluding carboxylic acids is 1. The fourth-order valence-electron chi connectivity index (χ4n) is 4.14. The van der Waals surface area contributed by atoms with Gasteiger partial charge in [0.1, 0.15) is 6.29 Å². The molecule has 0 unspecified atom stereocenters. The summed E-state index contributed by atoms with van der Waals surface area (Å²) in [7, 11) is -1.97. The summed E-state index contributed by atoms with van der Waals surface area (Å²) in [5, 5.41) is 3.17. The lowest BCUT2D eigenvalue weighted by molar-refractivity contribution is -0.108. The van der Waals surface area contributed by atoms with E-state index in [1.807, 2.05) is 0 Å². The minimum atomic E-state index is -1.97. The van der Waals surface area contributed by atoms with Crippen molar-refractivity contribution in [2.45, 2.75) is 96.9 Å². The molecule has 0 fully saturated rings. The molecule has 1 aromatic rings. The number of carbonyl (C=O) groups is 1. The molecule has 6 heteroatoms.